The maximum atomic E-state index is 11.2. The number of nitrogens with zero attached hydrogens (tertiary/aromatic N) is 1. The van der Waals surface area contributed by atoms with E-state index in [9.17, 15) is 4.79 Å². The molecule has 0 aliphatic heterocycles. The van der Waals surface area contributed by atoms with Crippen molar-refractivity contribution >= 4 is 11.7 Å². The summed E-state index contributed by atoms with van der Waals surface area (Å²) in [5, 5.41) is 11.6. The number of hydrogen-bond donors (Lipinski definition) is 2. The van der Waals surface area contributed by atoms with E-state index in [4.69, 9.17) is 9.84 Å². The number of hydrogen-bond acceptors (Lipinski definition) is 6. The molecule has 0 aliphatic carbocycles. The lowest BCUT2D eigenvalue weighted by Crippen LogP contribution is -2.12. The summed E-state index contributed by atoms with van der Waals surface area (Å²) in [6.45, 7) is 1.41. The van der Waals surface area contributed by atoms with Gasteiger partial charge in [0, 0.05) is 18.4 Å². The Bertz CT molecular complexity index is 357. The van der Waals surface area contributed by atoms with Gasteiger partial charge in [0.05, 0.1) is 26.9 Å². The van der Waals surface area contributed by atoms with E-state index in [2.05, 4.69) is 15.0 Å². The molecule has 0 aliphatic rings. The quantitative estimate of drug-likeness (QED) is 0.526. The molecule has 0 aromatic carbocycles. The highest BCUT2D eigenvalue weighted by atomic mass is 16.5. The third kappa shape index (κ3) is 4.80. The lowest BCUT2D eigenvalue weighted by atomic mass is 10.3. The number of aliphatic hydroxyl groups excluding tert-OH is 1. The second-order valence-corrected chi connectivity index (χ2v) is 3.18. The minimum atomic E-state index is -0.467. The zero-order valence-electron chi connectivity index (χ0n) is 9.68. The smallest absolute Gasteiger partial charge is 0.356 e. The first-order chi connectivity index (χ1) is 8.27. The fourth-order valence-electron chi connectivity index (χ4n) is 1.19. The Morgan fingerprint density at radius 3 is 3.06 bits per heavy atom. The van der Waals surface area contributed by atoms with E-state index in [0.29, 0.717) is 19.8 Å². The van der Waals surface area contributed by atoms with Gasteiger partial charge in [0.25, 0.3) is 0 Å². The van der Waals surface area contributed by atoms with Crippen molar-refractivity contribution in [2.24, 2.45) is 0 Å². The molecule has 17 heavy (non-hydrogen) atoms. The van der Waals surface area contributed by atoms with Crippen LogP contribution in [-0.4, -0.2) is 49.5 Å². The van der Waals surface area contributed by atoms with Gasteiger partial charge >= 0.3 is 5.97 Å². The largest absolute Gasteiger partial charge is 0.464 e. The first-order valence-corrected chi connectivity index (χ1v) is 5.24. The number of rotatable bonds is 7. The van der Waals surface area contributed by atoms with Gasteiger partial charge in [-0.1, -0.05) is 0 Å². The van der Waals surface area contributed by atoms with Crippen LogP contribution in [0.1, 0.15) is 10.5 Å². The van der Waals surface area contributed by atoms with Crippen LogP contribution in [0.2, 0.25) is 0 Å². The zero-order valence-corrected chi connectivity index (χ0v) is 9.68. The van der Waals surface area contributed by atoms with E-state index in [1.807, 2.05) is 0 Å². The van der Waals surface area contributed by atoms with Crippen molar-refractivity contribution < 1.29 is 19.4 Å². The number of aliphatic hydroxyl groups is 1. The summed E-state index contributed by atoms with van der Waals surface area (Å²) in [4.78, 5) is 15.1. The van der Waals surface area contributed by atoms with Gasteiger partial charge in [-0.2, -0.15) is 0 Å². The second-order valence-electron chi connectivity index (χ2n) is 3.18. The standard InChI is InChI=1S/C11H16N2O4/c1-16-11(15)10-8-9(2-3-13-10)12-4-6-17-7-5-14/h2-3,8,14H,4-7H2,1H3,(H,12,13). The number of pyridine rings is 1. The highest BCUT2D eigenvalue weighted by molar-refractivity contribution is 5.88. The maximum Gasteiger partial charge on any atom is 0.356 e. The highest BCUT2D eigenvalue weighted by Gasteiger charge is 2.06. The molecule has 1 heterocycles. The van der Waals surface area contributed by atoms with E-state index in [0.717, 1.165) is 5.69 Å². The maximum absolute atomic E-state index is 11.2. The molecule has 0 spiro atoms. The van der Waals surface area contributed by atoms with Crippen molar-refractivity contribution in [1.29, 1.82) is 0 Å². The van der Waals surface area contributed by atoms with E-state index < -0.39 is 5.97 Å². The molecule has 2 N–H and O–H groups in total. The average Bonchev–Trinajstić information content (AvgIpc) is 2.38. The van der Waals surface area contributed by atoms with Crippen LogP contribution in [0.4, 0.5) is 5.69 Å². The summed E-state index contributed by atoms with van der Waals surface area (Å²) >= 11 is 0. The third-order valence-corrected chi connectivity index (χ3v) is 1.97. The number of ether oxygens (including phenoxy) is 2. The van der Waals surface area contributed by atoms with E-state index in [-0.39, 0.29) is 12.3 Å². The van der Waals surface area contributed by atoms with Crippen molar-refractivity contribution in [3.05, 3.63) is 24.0 Å². The SMILES string of the molecule is COC(=O)c1cc(NCCOCCO)ccn1. The van der Waals surface area contributed by atoms with Gasteiger partial charge in [-0.3, -0.25) is 0 Å². The van der Waals surface area contributed by atoms with Gasteiger partial charge in [0.2, 0.25) is 0 Å². The lowest BCUT2D eigenvalue weighted by Gasteiger charge is -2.07. The number of methoxy groups -OCH3 is 1. The molecule has 1 aromatic rings. The van der Waals surface area contributed by atoms with E-state index in [1.165, 1.54) is 13.3 Å². The Kier molecular flexibility index (Phi) is 5.98. The van der Waals surface area contributed by atoms with Gasteiger partial charge in [0.1, 0.15) is 5.69 Å². The molecule has 94 valence electrons. The number of nitrogens with one attached hydrogen (secondary N) is 1. The van der Waals surface area contributed by atoms with E-state index in [1.54, 1.807) is 12.1 Å². The monoisotopic (exact) mass is 240 g/mol. The molecule has 6 nitrogen and oxygen atoms in total. The molecule has 0 saturated carbocycles. The zero-order chi connectivity index (χ0) is 12.5. The lowest BCUT2D eigenvalue weighted by molar-refractivity contribution is 0.0594. The van der Waals surface area contributed by atoms with E-state index >= 15 is 0 Å². The Morgan fingerprint density at radius 2 is 2.35 bits per heavy atom. The molecule has 0 unspecified atom stereocenters. The molecule has 0 radical (unpaired) electrons. The normalized spacial score (nSPS) is 10.0. The van der Waals surface area contributed by atoms with Crippen LogP contribution in [0.5, 0.6) is 0 Å². The fourth-order valence-corrected chi connectivity index (χ4v) is 1.19. The second kappa shape index (κ2) is 7.59. The number of esters is 1. The Labute approximate surface area is 99.6 Å². The predicted molar refractivity (Wildman–Crippen MR) is 62.0 cm³/mol. The van der Waals surface area contributed by atoms with Gasteiger partial charge in [-0.05, 0) is 12.1 Å². The van der Waals surface area contributed by atoms with Crippen LogP contribution in [0.15, 0.2) is 18.3 Å². The number of anilines is 1. The Balaban J connectivity index is 2.40. The molecule has 6 heteroatoms. The molecular formula is C11H16N2O4. The fraction of sp³-hybridized carbons (Fsp3) is 0.455. The molecule has 0 fully saturated rings. The van der Waals surface area contributed by atoms with Crippen molar-refractivity contribution in [2.45, 2.75) is 0 Å². The van der Waals surface area contributed by atoms with Gasteiger partial charge in [0.15, 0.2) is 0 Å². The van der Waals surface area contributed by atoms with Crippen molar-refractivity contribution in [2.75, 3.05) is 38.8 Å². The summed E-state index contributed by atoms with van der Waals surface area (Å²) in [5.41, 5.74) is 1.03. The summed E-state index contributed by atoms with van der Waals surface area (Å²) in [6.07, 6.45) is 1.53. The number of aromatic nitrogens is 1. The van der Waals surface area contributed by atoms with Gasteiger partial charge in [-0.15, -0.1) is 0 Å². The molecule has 1 aromatic heterocycles. The average molecular weight is 240 g/mol. The highest BCUT2D eigenvalue weighted by Crippen LogP contribution is 2.08. The van der Waals surface area contributed by atoms with Crippen LogP contribution >= 0.6 is 0 Å². The molecule has 0 amide bonds. The van der Waals surface area contributed by atoms with Gasteiger partial charge in [-0.25, -0.2) is 9.78 Å². The van der Waals surface area contributed by atoms with Crippen LogP contribution in [0, 0.1) is 0 Å². The summed E-state index contributed by atoms with van der Waals surface area (Å²) < 4.78 is 9.65. The third-order valence-electron chi connectivity index (χ3n) is 1.97. The minimum absolute atomic E-state index is 0.0156. The van der Waals surface area contributed by atoms with Crippen LogP contribution in [0.3, 0.4) is 0 Å². The first kappa shape index (κ1) is 13.4. The molecule has 0 bridgehead atoms. The van der Waals surface area contributed by atoms with Crippen molar-refractivity contribution in [3.8, 4) is 0 Å². The summed E-state index contributed by atoms with van der Waals surface area (Å²) in [7, 11) is 1.31. The number of carbonyl (C=O) groups excluding carboxylic acids is 1. The topological polar surface area (TPSA) is 80.7 Å². The van der Waals surface area contributed by atoms with Crippen LogP contribution < -0.4 is 5.32 Å². The summed E-state index contributed by atoms with van der Waals surface area (Å²) in [6, 6.07) is 3.36. The van der Waals surface area contributed by atoms with Gasteiger partial charge < -0.3 is 19.9 Å². The molecule has 0 atom stereocenters. The van der Waals surface area contributed by atoms with Crippen LogP contribution in [0.25, 0.3) is 0 Å². The van der Waals surface area contributed by atoms with Crippen molar-refractivity contribution in [3.63, 3.8) is 0 Å². The first-order valence-electron chi connectivity index (χ1n) is 5.24. The van der Waals surface area contributed by atoms with Crippen molar-refractivity contribution in [1.82, 2.24) is 4.98 Å². The molecule has 1 rings (SSSR count). The Hall–Kier alpha value is -1.66. The minimum Gasteiger partial charge on any atom is -0.464 e. The predicted octanol–water partition coefficient (Wildman–Crippen LogP) is 0.289. The van der Waals surface area contributed by atoms with Crippen LogP contribution in [-0.2, 0) is 9.47 Å². The number of carbonyl (C=O) groups is 1. The molecule has 0 saturated heterocycles. The summed E-state index contributed by atoms with van der Waals surface area (Å²) in [5.74, 6) is -0.467. The molecular weight excluding hydrogens is 224 g/mol. The Morgan fingerprint density at radius 1 is 1.53 bits per heavy atom.